The van der Waals surface area contributed by atoms with Crippen LogP contribution in [0.3, 0.4) is 0 Å². The van der Waals surface area contributed by atoms with Crippen LogP contribution in [0.4, 0.5) is 4.39 Å². The fourth-order valence-corrected chi connectivity index (χ4v) is 3.69. The molecule has 1 unspecified atom stereocenters. The van der Waals surface area contributed by atoms with E-state index >= 15 is 0 Å². The smallest absolute Gasteiger partial charge is 0.207 e. The number of nitrogens with one attached hydrogen (secondary N) is 1. The lowest BCUT2D eigenvalue weighted by Crippen LogP contribution is -2.48. The average molecular weight is 393 g/mol. The molecule has 8 heteroatoms. The standard InChI is InChI=1S/C11H13BrCl2FNO2S/c1-6(12)11(2,3)16-19(17,18)8-5-4-7(13)10(15)9(8)14/h4-6,16H,1-3H3. The summed E-state index contributed by atoms with van der Waals surface area (Å²) < 4.78 is 40.4. The van der Waals surface area contributed by atoms with Gasteiger partial charge in [0, 0.05) is 10.4 Å². The van der Waals surface area contributed by atoms with Gasteiger partial charge in [-0.05, 0) is 26.0 Å². The van der Waals surface area contributed by atoms with E-state index in [4.69, 9.17) is 23.2 Å². The molecule has 1 rings (SSSR count). The highest BCUT2D eigenvalue weighted by molar-refractivity contribution is 9.09. The topological polar surface area (TPSA) is 46.2 Å². The highest BCUT2D eigenvalue weighted by Crippen LogP contribution is 2.30. The van der Waals surface area contributed by atoms with Crippen molar-refractivity contribution >= 4 is 49.2 Å². The number of benzene rings is 1. The zero-order valence-corrected chi connectivity index (χ0v) is 14.4. The maximum atomic E-state index is 13.5. The third-order valence-electron chi connectivity index (χ3n) is 2.68. The van der Waals surface area contributed by atoms with Crippen molar-refractivity contribution in [3.63, 3.8) is 0 Å². The van der Waals surface area contributed by atoms with Crippen molar-refractivity contribution in [1.82, 2.24) is 4.72 Å². The van der Waals surface area contributed by atoms with Gasteiger partial charge in [0.15, 0.2) is 5.82 Å². The van der Waals surface area contributed by atoms with Gasteiger partial charge in [0.25, 0.3) is 0 Å². The molecule has 0 radical (unpaired) electrons. The Balaban J connectivity index is 3.27. The Hall–Kier alpha value is 0.120. The van der Waals surface area contributed by atoms with E-state index < -0.39 is 26.4 Å². The Morgan fingerprint density at radius 1 is 1.37 bits per heavy atom. The third-order valence-corrected chi connectivity index (χ3v) is 6.31. The van der Waals surface area contributed by atoms with E-state index in [1.165, 1.54) is 6.07 Å². The fourth-order valence-electron chi connectivity index (χ4n) is 1.20. The summed E-state index contributed by atoms with van der Waals surface area (Å²) in [5, 5.41) is -0.741. The molecule has 0 amide bonds. The molecule has 0 fully saturated rings. The Bertz CT molecular complexity index is 591. The van der Waals surface area contributed by atoms with Gasteiger partial charge in [0.2, 0.25) is 10.0 Å². The quantitative estimate of drug-likeness (QED) is 0.622. The molecule has 0 heterocycles. The summed E-state index contributed by atoms with van der Waals surface area (Å²) in [5.41, 5.74) is -0.766. The molecule has 0 aromatic heterocycles. The first-order valence-electron chi connectivity index (χ1n) is 5.30. The van der Waals surface area contributed by atoms with E-state index in [9.17, 15) is 12.8 Å². The van der Waals surface area contributed by atoms with Gasteiger partial charge in [-0.3, -0.25) is 0 Å². The first-order valence-corrected chi connectivity index (χ1v) is 8.46. The van der Waals surface area contributed by atoms with E-state index in [1.54, 1.807) is 20.8 Å². The van der Waals surface area contributed by atoms with E-state index in [0.717, 1.165) is 6.07 Å². The number of rotatable bonds is 4. The van der Waals surface area contributed by atoms with Gasteiger partial charge in [-0.15, -0.1) is 0 Å². The molecule has 108 valence electrons. The SMILES string of the molecule is CC(Br)C(C)(C)NS(=O)(=O)c1ccc(Cl)c(F)c1Cl. The van der Waals surface area contributed by atoms with Crippen LogP contribution in [-0.2, 0) is 10.0 Å². The molecule has 0 aliphatic heterocycles. The third kappa shape index (κ3) is 3.82. The van der Waals surface area contributed by atoms with Crippen LogP contribution in [0, 0.1) is 5.82 Å². The van der Waals surface area contributed by atoms with Crippen LogP contribution < -0.4 is 4.72 Å². The maximum absolute atomic E-state index is 13.5. The van der Waals surface area contributed by atoms with Crippen LogP contribution in [0.25, 0.3) is 0 Å². The van der Waals surface area contributed by atoms with Crippen molar-refractivity contribution in [3.8, 4) is 0 Å². The maximum Gasteiger partial charge on any atom is 0.242 e. The Labute approximate surface area is 130 Å². The average Bonchev–Trinajstić information content (AvgIpc) is 2.23. The van der Waals surface area contributed by atoms with Crippen LogP contribution in [0.15, 0.2) is 17.0 Å². The molecule has 1 aromatic rings. The van der Waals surface area contributed by atoms with Crippen LogP contribution in [-0.4, -0.2) is 18.8 Å². The van der Waals surface area contributed by atoms with Crippen molar-refractivity contribution < 1.29 is 12.8 Å². The lowest BCUT2D eigenvalue weighted by Gasteiger charge is -2.29. The summed E-state index contributed by atoms with van der Waals surface area (Å²) in [6.07, 6.45) is 0. The van der Waals surface area contributed by atoms with Gasteiger partial charge >= 0.3 is 0 Å². The van der Waals surface area contributed by atoms with E-state index in [2.05, 4.69) is 20.7 Å². The van der Waals surface area contributed by atoms with Gasteiger partial charge in [0.05, 0.1) is 10.0 Å². The van der Waals surface area contributed by atoms with Crippen LogP contribution in [0.5, 0.6) is 0 Å². The Morgan fingerprint density at radius 2 is 1.89 bits per heavy atom. The minimum atomic E-state index is -3.94. The van der Waals surface area contributed by atoms with E-state index in [-0.39, 0.29) is 14.7 Å². The fraction of sp³-hybridized carbons (Fsp3) is 0.455. The molecule has 0 saturated carbocycles. The largest absolute Gasteiger partial charge is 0.242 e. The Morgan fingerprint density at radius 3 is 2.37 bits per heavy atom. The van der Waals surface area contributed by atoms with Gasteiger partial charge < -0.3 is 0 Å². The van der Waals surface area contributed by atoms with Gasteiger partial charge in [0.1, 0.15) is 4.90 Å². The molecule has 1 aromatic carbocycles. The summed E-state index contributed by atoms with van der Waals surface area (Å²) in [4.78, 5) is -0.469. The van der Waals surface area contributed by atoms with Crippen LogP contribution >= 0.6 is 39.1 Å². The molecule has 0 spiro atoms. The molecule has 1 atom stereocenters. The normalized spacial score (nSPS) is 14.5. The molecule has 3 nitrogen and oxygen atoms in total. The predicted octanol–water partition coefficient (Wildman–Crippen LogP) is 3.97. The van der Waals surface area contributed by atoms with Gasteiger partial charge in [-0.25, -0.2) is 17.5 Å². The van der Waals surface area contributed by atoms with Crippen molar-refractivity contribution in [3.05, 3.63) is 28.0 Å². The molecule has 0 bridgehead atoms. The second-order valence-electron chi connectivity index (χ2n) is 4.62. The molecular weight excluding hydrogens is 380 g/mol. The minimum absolute atomic E-state index is 0.134. The van der Waals surface area contributed by atoms with Crippen molar-refractivity contribution in [2.45, 2.75) is 36.0 Å². The first-order chi connectivity index (χ1) is 8.49. The van der Waals surface area contributed by atoms with Crippen LogP contribution in [0.1, 0.15) is 20.8 Å². The van der Waals surface area contributed by atoms with Crippen molar-refractivity contribution in [1.29, 1.82) is 0 Å². The summed E-state index contributed by atoms with van der Waals surface area (Å²) in [6.45, 7) is 5.20. The molecule has 1 N–H and O–H groups in total. The highest BCUT2D eigenvalue weighted by Gasteiger charge is 2.32. The predicted molar refractivity (Wildman–Crippen MR) is 79.2 cm³/mol. The molecule has 0 aliphatic rings. The first kappa shape index (κ1) is 17.2. The summed E-state index contributed by atoms with van der Waals surface area (Å²) in [6, 6.07) is 2.33. The molecule has 19 heavy (non-hydrogen) atoms. The lowest BCUT2D eigenvalue weighted by molar-refractivity contribution is 0.453. The lowest BCUT2D eigenvalue weighted by atomic mass is 10.0. The second kappa shape index (κ2) is 5.85. The van der Waals surface area contributed by atoms with Crippen molar-refractivity contribution in [2.75, 3.05) is 0 Å². The molecule has 0 aliphatic carbocycles. The minimum Gasteiger partial charge on any atom is -0.207 e. The number of hydrogen-bond acceptors (Lipinski definition) is 2. The number of hydrogen-bond donors (Lipinski definition) is 1. The summed E-state index contributed by atoms with van der Waals surface area (Å²) in [5.74, 6) is -0.948. The summed E-state index contributed by atoms with van der Waals surface area (Å²) in [7, 11) is -3.94. The van der Waals surface area contributed by atoms with E-state index in [1.807, 2.05) is 0 Å². The zero-order valence-electron chi connectivity index (χ0n) is 10.5. The molecular formula is C11H13BrCl2FNO2S. The van der Waals surface area contributed by atoms with Gasteiger partial charge in [-0.2, -0.15) is 0 Å². The monoisotopic (exact) mass is 391 g/mol. The second-order valence-corrected chi connectivity index (χ2v) is 8.43. The summed E-state index contributed by atoms with van der Waals surface area (Å²) >= 11 is 14.5. The number of alkyl halides is 1. The Kier molecular flexibility index (Phi) is 5.29. The zero-order chi connectivity index (χ0) is 15.0. The number of sulfonamides is 1. The van der Waals surface area contributed by atoms with Crippen LogP contribution in [0.2, 0.25) is 10.0 Å². The van der Waals surface area contributed by atoms with Crippen molar-refractivity contribution in [2.24, 2.45) is 0 Å². The molecule has 0 saturated heterocycles. The van der Waals surface area contributed by atoms with Gasteiger partial charge in [-0.1, -0.05) is 46.1 Å². The highest BCUT2D eigenvalue weighted by atomic mass is 79.9. The number of halogens is 4. The van der Waals surface area contributed by atoms with E-state index in [0.29, 0.717) is 0 Å².